The van der Waals surface area contributed by atoms with Gasteiger partial charge in [0.25, 0.3) is 0 Å². The molecule has 0 unspecified atom stereocenters. The molecule has 0 saturated carbocycles. The van der Waals surface area contributed by atoms with Crippen molar-refractivity contribution in [3.8, 4) is 22.6 Å². The number of hydrogen-bond donors (Lipinski definition) is 0. The number of rotatable bonds is 4. The average Bonchev–Trinajstić information content (AvgIpc) is 2.39. The zero-order valence-corrected chi connectivity index (χ0v) is 10.1. The van der Waals surface area contributed by atoms with Gasteiger partial charge >= 0.3 is 0 Å². The summed E-state index contributed by atoms with van der Waals surface area (Å²) in [5.74, 6) is 1.76. The Morgan fingerprint density at radius 3 is 2.59 bits per heavy atom. The summed E-state index contributed by atoms with van der Waals surface area (Å²) in [5.41, 5.74) is 2.19. The molecule has 0 aliphatic rings. The Morgan fingerprint density at radius 1 is 1.00 bits per heavy atom. The van der Waals surface area contributed by atoms with Crippen LogP contribution in [0.4, 0.5) is 0 Å². The molecule has 0 saturated heterocycles. The molecule has 17 heavy (non-hydrogen) atoms. The molecule has 2 heteroatoms. The lowest BCUT2D eigenvalue weighted by Gasteiger charge is -2.10. The molecule has 0 aliphatic heterocycles. The van der Waals surface area contributed by atoms with Crippen molar-refractivity contribution in [1.29, 1.82) is 0 Å². The third kappa shape index (κ3) is 2.59. The molecule has 0 heterocycles. The standard InChI is InChI=1S/C15H16O2/c1-3-17-13-8-6-7-12(11-13)14-9-4-5-10-15(14)16-2/h4-11H,3H2,1-2H3. The van der Waals surface area contributed by atoms with Crippen LogP contribution in [0.25, 0.3) is 11.1 Å². The molecule has 2 nitrogen and oxygen atoms in total. The highest BCUT2D eigenvalue weighted by molar-refractivity contribution is 5.71. The summed E-state index contributed by atoms with van der Waals surface area (Å²) in [5, 5.41) is 0. The zero-order chi connectivity index (χ0) is 12.1. The van der Waals surface area contributed by atoms with Gasteiger partial charge in [0.05, 0.1) is 13.7 Å². The maximum absolute atomic E-state index is 5.50. The quantitative estimate of drug-likeness (QED) is 0.793. The summed E-state index contributed by atoms with van der Waals surface area (Å²) in [7, 11) is 1.69. The summed E-state index contributed by atoms with van der Waals surface area (Å²) in [4.78, 5) is 0. The monoisotopic (exact) mass is 228 g/mol. The van der Waals surface area contributed by atoms with E-state index in [1.807, 2.05) is 49.4 Å². The van der Waals surface area contributed by atoms with Crippen LogP contribution in [-0.2, 0) is 0 Å². The summed E-state index contributed by atoms with van der Waals surface area (Å²) in [6.07, 6.45) is 0. The third-order valence-corrected chi connectivity index (χ3v) is 2.56. The van der Waals surface area contributed by atoms with E-state index in [1.165, 1.54) is 0 Å². The first-order valence-corrected chi connectivity index (χ1v) is 5.71. The predicted molar refractivity (Wildman–Crippen MR) is 69.6 cm³/mol. The van der Waals surface area contributed by atoms with Crippen LogP contribution in [0.2, 0.25) is 0 Å². The smallest absolute Gasteiger partial charge is 0.126 e. The lowest BCUT2D eigenvalue weighted by molar-refractivity contribution is 0.340. The van der Waals surface area contributed by atoms with Gasteiger partial charge in [-0.05, 0) is 30.7 Å². The largest absolute Gasteiger partial charge is 0.496 e. The van der Waals surface area contributed by atoms with Crippen LogP contribution in [0.5, 0.6) is 11.5 Å². The first kappa shape index (κ1) is 11.5. The molecule has 0 N–H and O–H groups in total. The molecule has 2 aromatic rings. The van der Waals surface area contributed by atoms with E-state index < -0.39 is 0 Å². The highest BCUT2D eigenvalue weighted by Crippen LogP contribution is 2.31. The molecule has 0 aliphatic carbocycles. The fourth-order valence-corrected chi connectivity index (χ4v) is 1.80. The highest BCUT2D eigenvalue weighted by Gasteiger charge is 2.05. The molecular formula is C15H16O2. The van der Waals surface area contributed by atoms with Crippen LogP contribution < -0.4 is 9.47 Å². The van der Waals surface area contributed by atoms with Crippen molar-refractivity contribution in [3.63, 3.8) is 0 Å². The van der Waals surface area contributed by atoms with E-state index in [2.05, 4.69) is 6.07 Å². The number of para-hydroxylation sites is 1. The van der Waals surface area contributed by atoms with Gasteiger partial charge in [-0.25, -0.2) is 0 Å². The van der Waals surface area contributed by atoms with Crippen molar-refractivity contribution in [2.45, 2.75) is 6.92 Å². The normalized spacial score (nSPS) is 10.0. The van der Waals surface area contributed by atoms with Gasteiger partial charge in [-0.1, -0.05) is 30.3 Å². The Balaban J connectivity index is 2.41. The SMILES string of the molecule is CCOc1cccc(-c2ccccc2OC)c1. The average molecular weight is 228 g/mol. The minimum absolute atomic E-state index is 0.676. The van der Waals surface area contributed by atoms with Crippen LogP contribution in [0.15, 0.2) is 48.5 Å². The zero-order valence-electron chi connectivity index (χ0n) is 10.1. The fourth-order valence-electron chi connectivity index (χ4n) is 1.80. The van der Waals surface area contributed by atoms with Gasteiger partial charge in [0.2, 0.25) is 0 Å². The highest BCUT2D eigenvalue weighted by atomic mass is 16.5. The summed E-state index contributed by atoms with van der Waals surface area (Å²) >= 11 is 0. The molecule has 2 rings (SSSR count). The van der Waals surface area contributed by atoms with Crippen molar-refractivity contribution in [2.75, 3.05) is 13.7 Å². The first-order valence-electron chi connectivity index (χ1n) is 5.71. The van der Waals surface area contributed by atoms with Crippen molar-refractivity contribution in [1.82, 2.24) is 0 Å². The van der Waals surface area contributed by atoms with Gasteiger partial charge in [0, 0.05) is 5.56 Å². The summed E-state index contributed by atoms with van der Waals surface area (Å²) in [6, 6.07) is 16.0. The van der Waals surface area contributed by atoms with E-state index in [9.17, 15) is 0 Å². The summed E-state index contributed by atoms with van der Waals surface area (Å²) in [6.45, 7) is 2.66. The van der Waals surface area contributed by atoms with E-state index >= 15 is 0 Å². The molecule has 0 spiro atoms. The van der Waals surface area contributed by atoms with Gasteiger partial charge in [-0.2, -0.15) is 0 Å². The minimum Gasteiger partial charge on any atom is -0.496 e. The van der Waals surface area contributed by atoms with Gasteiger partial charge < -0.3 is 9.47 Å². The van der Waals surface area contributed by atoms with Crippen molar-refractivity contribution >= 4 is 0 Å². The summed E-state index contributed by atoms with van der Waals surface area (Å²) < 4.78 is 10.9. The molecule has 0 fully saturated rings. The second-order valence-electron chi connectivity index (χ2n) is 3.66. The molecular weight excluding hydrogens is 212 g/mol. The number of methoxy groups -OCH3 is 1. The molecule has 0 amide bonds. The van der Waals surface area contributed by atoms with Gasteiger partial charge in [0.15, 0.2) is 0 Å². The van der Waals surface area contributed by atoms with Gasteiger partial charge in [-0.3, -0.25) is 0 Å². The predicted octanol–water partition coefficient (Wildman–Crippen LogP) is 3.76. The molecule has 0 bridgehead atoms. The number of ether oxygens (including phenoxy) is 2. The molecule has 0 aromatic heterocycles. The van der Waals surface area contributed by atoms with E-state index in [0.717, 1.165) is 22.6 Å². The van der Waals surface area contributed by atoms with Crippen LogP contribution in [0.3, 0.4) is 0 Å². The van der Waals surface area contributed by atoms with Crippen molar-refractivity contribution in [2.24, 2.45) is 0 Å². The van der Waals surface area contributed by atoms with Crippen LogP contribution in [-0.4, -0.2) is 13.7 Å². The maximum atomic E-state index is 5.50. The second kappa shape index (κ2) is 5.39. The lowest BCUT2D eigenvalue weighted by atomic mass is 10.0. The lowest BCUT2D eigenvalue weighted by Crippen LogP contribution is -1.92. The Morgan fingerprint density at radius 2 is 1.82 bits per heavy atom. The molecule has 88 valence electrons. The van der Waals surface area contributed by atoms with E-state index in [1.54, 1.807) is 7.11 Å². The maximum Gasteiger partial charge on any atom is 0.126 e. The van der Waals surface area contributed by atoms with Gasteiger partial charge in [0.1, 0.15) is 11.5 Å². The van der Waals surface area contributed by atoms with E-state index in [0.29, 0.717) is 6.61 Å². The Kier molecular flexibility index (Phi) is 3.66. The van der Waals surface area contributed by atoms with Crippen LogP contribution >= 0.6 is 0 Å². The van der Waals surface area contributed by atoms with Crippen LogP contribution in [0, 0.1) is 0 Å². The second-order valence-corrected chi connectivity index (χ2v) is 3.66. The topological polar surface area (TPSA) is 18.5 Å². The van der Waals surface area contributed by atoms with E-state index in [-0.39, 0.29) is 0 Å². The molecule has 0 atom stereocenters. The molecule has 0 radical (unpaired) electrons. The van der Waals surface area contributed by atoms with Gasteiger partial charge in [-0.15, -0.1) is 0 Å². The Hall–Kier alpha value is -1.96. The fraction of sp³-hybridized carbons (Fsp3) is 0.200. The third-order valence-electron chi connectivity index (χ3n) is 2.56. The Labute approximate surface area is 102 Å². The first-order chi connectivity index (χ1) is 8.35. The number of hydrogen-bond acceptors (Lipinski definition) is 2. The minimum atomic E-state index is 0.676. The van der Waals surface area contributed by atoms with E-state index in [4.69, 9.17) is 9.47 Å². The molecule has 2 aromatic carbocycles. The van der Waals surface area contributed by atoms with Crippen molar-refractivity contribution < 1.29 is 9.47 Å². The van der Waals surface area contributed by atoms with Crippen molar-refractivity contribution in [3.05, 3.63) is 48.5 Å². The number of benzene rings is 2. The Bertz CT molecular complexity index is 492. The van der Waals surface area contributed by atoms with Crippen LogP contribution in [0.1, 0.15) is 6.92 Å².